The van der Waals surface area contributed by atoms with Crippen LogP contribution in [0.25, 0.3) is 11.0 Å². The van der Waals surface area contributed by atoms with E-state index >= 15 is 0 Å². The Morgan fingerprint density at radius 1 is 1.47 bits per heavy atom. The maximum absolute atomic E-state index is 11.8. The Morgan fingerprint density at radius 2 is 2.27 bits per heavy atom. The van der Waals surface area contributed by atoms with Crippen LogP contribution in [0.15, 0.2) is 38.6 Å². The van der Waals surface area contributed by atoms with Crippen LogP contribution in [-0.4, -0.2) is 6.26 Å². The number of nitriles is 1. The highest BCUT2D eigenvalue weighted by Gasteiger charge is 2.06. The van der Waals surface area contributed by atoms with Crippen molar-refractivity contribution >= 4 is 22.7 Å². The van der Waals surface area contributed by atoms with Crippen LogP contribution >= 0.6 is 11.8 Å². The summed E-state index contributed by atoms with van der Waals surface area (Å²) in [5.74, 6) is 0. The van der Waals surface area contributed by atoms with Crippen molar-refractivity contribution in [2.75, 3.05) is 6.26 Å². The maximum atomic E-state index is 11.8. The third kappa shape index (κ3) is 1.62. The van der Waals surface area contributed by atoms with E-state index in [0.29, 0.717) is 21.4 Å². The summed E-state index contributed by atoms with van der Waals surface area (Å²) in [6, 6.07) is 6.82. The normalized spacial score (nSPS) is 10.1. The van der Waals surface area contributed by atoms with E-state index in [2.05, 4.69) is 0 Å². The van der Waals surface area contributed by atoms with Crippen molar-refractivity contribution in [1.82, 2.24) is 0 Å². The first-order valence-electron chi connectivity index (χ1n) is 4.26. The molecule has 1 heterocycles. The first-order valence-corrected chi connectivity index (χ1v) is 5.48. The molecule has 2 aromatic rings. The lowest BCUT2D eigenvalue weighted by Gasteiger charge is -1.99. The molecule has 0 N–H and O–H groups in total. The van der Waals surface area contributed by atoms with Crippen LogP contribution in [-0.2, 0) is 0 Å². The Labute approximate surface area is 90.3 Å². The van der Waals surface area contributed by atoms with Crippen LogP contribution in [0.1, 0.15) is 5.56 Å². The molecule has 0 aliphatic carbocycles. The summed E-state index contributed by atoms with van der Waals surface area (Å²) < 4.78 is 5.28. The van der Waals surface area contributed by atoms with Gasteiger partial charge in [-0.3, -0.25) is 4.79 Å². The summed E-state index contributed by atoms with van der Waals surface area (Å²) in [7, 11) is 0. The van der Waals surface area contributed by atoms with Gasteiger partial charge in [0, 0.05) is 0 Å². The van der Waals surface area contributed by atoms with Gasteiger partial charge in [-0.2, -0.15) is 5.26 Å². The van der Waals surface area contributed by atoms with Gasteiger partial charge in [0.2, 0.25) is 5.43 Å². The monoisotopic (exact) mass is 217 g/mol. The smallest absolute Gasteiger partial charge is 0.206 e. The molecule has 0 bridgehead atoms. The Balaban J connectivity index is 2.85. The molecule has 0 aliphatic heterocycles. The Morgan fingerprint density at radius 3 is 2.93 bits per heavy atom. The molecule has 0 saturated carbocycles. The average Bonchev–Trinajstić information content (AvgIpc) is 2.29. The Hall–Kier alpha value is -1.73. The lowest BCUT2D eigenvalue weighted by Crippen LogP contribution is -2.03. The van der Waals surface area contributed by atoms with E-state index in [1.54, 1.807) is 18.2 Å². The van der Waals surface area contributed by atoms with Crippen LogP contribution in [0.5, 0.6) is 0 Å². The number of thioether (sulfide) groups is 1. The van der Waals surface area contributed by atoms with Crippen molar-refractivity contribution in [2.24, 2.45) is 0 Å². The molecular weight excluding hydrogens is 210 g/mol. The lowest BCUT2D eigenvalue weighted by atomic mass is 10.1. The summed E-state index contributed by atoms with van der Waals surface area (Å²) in [6.45, 7) is 0. The van der Waals surface area contributed by atoms with Crippen molar-refractivity contribution in [3.05, 3.63) is 40.2 Å². The minimum atomic E-state index is -0.0825. The molecule has 0 unspecified atom stereocenters. The summed E-state index contributed by atoms with van der Waals surface area (Å²) in [5.41, 5.74) is 0.894. The number of nitrogens with zero attached hydrogens (tertiary/aromatic N) is 1. The van der Waals surface area contributed by atoms with E-state index in [4.69, 9.17) is 9.68 Å². The summed E-state index contributed by atoms with van der Waals surface area (Å²) in [6.07, 6.45) is 3.26. The maximum Gasteiger partial charge on any atom is 0.206 e. The predicted molar refractivity (Wildman–Crippen MR) is 59.0 cm³/mol. The first kappa shape index (κ1) is 9.81. The highest BCUT2D eigenvalue weighted by molar-refractivity contribution is 7.98. The third-order valence-electron chi connectivity index (χ3n) is 2.09. The molecule has 0 aliphatic rings. The molecule has 0 spiro atoms. The molecule has 0 radical (unpaired) electrons. The van der Waals surface area contributed by atoms with E-state index in [9.17, 15) is 4.79 Å². The zero-order chi connectivity index (χ0) is 10.8. The second-order valence-electron chi connectivity index (χ2n) is 2.96. The fourth-order valence-electron chi connectivity index (χ4n) is 1.32. The molecule has 0 saturated heterocycles. The highest BCUT2D eigenvalue weighted by Crippen LogP contribution is 2.17. The molecule has 0 amide bonds. The minimum Gasteiger partial charge on any atom is -0.463 e. The summed E-state index contributed by atoms with van der Waals surface area (Å²) in [5, 5.41) is 9.19. The molecule has 1 aromatic heterocycles. The van der Waals surface area contributed by atoms with Crippen molar-refractivity contribution in [2.45, 2.75) is 4.90 Å². The van der Waals surface area contributed by atoms with Crippen molar-refractivity contribution in [3.63, 3.8) is 0 Å². The predicted octanol–water partition coefficient (Wildman–Crippen LogP) is 2.39. The van der Waals surface area contributed by atoms with Gasteiger partial charge in [-0.15, -0.1) is 11.8 Å². The highest BCUT2D eigenvalue weighted by atomic mass is 32.2. The molecule has 3 nitrogen and oxygen atoms in total. The fourth-order valence-corrected chi connectivity index (χ4v) is 1.76. The molecule has 74 valence electrons. The van der Waals surface area contributed by atoms with Gasteiger partial charge < -0.3 is 4.42 Å². The van der Waals surface area contributed by atoms with Crippen LogP contribution in [0, 0.1) is 11.3 Å². The van der Waals surface area contributed by atoms with E-state index in [-0.39, 0.29) is 5.43 Å². The van der Waals surface area contributed by atoms with Gasteiger partial charge in [0.25, 0.3) is 0 Å². The van der Waals surface area contributed by atoms with E-state index in [0.717, 1.165) is 0 Å². The van der Waals surface area contributed by atoms with Gasteiger partial charge in [0.15, 0.2) is 0 Å². The minimum absolute atomic E-state index is 0.0825. The number of hydrogen-bond donors (Lipinski definition) is 0. The van der Waals surface area contributed by atoms with Crippen LogP contribution in [0.4, 0.5) is 0 Å². The first-order chi connectivity index (χ1) is 7.26. The van der Waals surface area contributed by atoms with Crippen molar-refractivity contribution < 1.29 is 4.42 Å². The van der Waals surface area contributed by atoms with Crippen molar-refractivity contribution in [1.29, 1.82) is 5.26 Å². The van der Waals surface area contributed by atoms with Gasteiger partial charge in [-0.05, 0) is 24.5 Å². The molecule has 2 rings (SSSR count). The lowest BCUT2D eigenvalue weighted by molar-refractivity contribution is 0.587. The zero-order valence-electron chi connectivity index (χ0n) is 7.98. The summed E-state index contributed by atoms with van der Waals surface area (Å²) >= 11 is 1.33. The van der Waals surface area contributed by atoms with E-state index in [1.165, 1.54) is 18.0 Å². The molecule has 1 aromatic carbocycles. The van der Waals surface area contributed by atoms with Crippen molar-refractivity contribution in [3.8, 4) is 6.07 Å². The largest absolute Gasteiger partial charge is 0.463 e. The quantitative estimate of drug-likeness (QED) is 0.688. The van der Waals surface area contributed by atoms with E-state index in [1.807, 2.05) is 12.3 Å². The van der Waals surface area contributed by atoms with Gasteiger partial charge in [-0.25, -0.2) is 0 Å². The third-order valence-corrected chi connectivity index (χ3v) is 2.81. The molecule has 4 heteroatoms. The molecular formula is C11H7NO2S. The summed E-state index contributed by atoms with van der Waals surface area (Å²) in [4.78, 5) is 12.4. The Kier molecular flexibility index (Phi) is 2.48. The van der Waals surface area contributed by atoms with E-state index < -0.39 is 0 Å². The Bertz CT molecular complexity index is 610. The SMILES string of the molecule is CSc1coc2ccc(C#N)cc2c1=O. The zero-order valence-corrected chi connectivity index (χ0v) is 8.80. The number of hydrogen-bond acceptors (Lipinski definition) is 4. The molecule has 0 fully saturated rings. The van der Waals surface area contributed by atoms with Crippen LogP contribution < -0.4 is 5.43 Å². The number of fused-ring (bicyclic) bond motifs is 1. The standard InChI is InChI=1S/C11H7NO2S/c1-15-10-6-14-9-3-2-7(5-12)4-8(9)11(10)13/h2-4,6H,1H3. The van der Waals surface area contributed by atoms with Gasteiger partial charge in [-0.1, -0.05) is 0 Å². The number of rotatable bonds is 1. The van der Waals surface area contributed by atoms with Crippen LogP contribution in [0.3, 0.4) is 0 Å². The molecule has 15 heavy (non-hydrogen) atoms. The van der Waals surface area contributed by atoms with Gasteiger partial charge in [0.1, 0.15) is 11.8 Å². The average molecular weight is 217 g/mol. The molecule has 0 atom stereocenters. The fraction of sp³-hybridized carbons (Fsp3) is 0.0909. The van der Waals surface area contributed by atoms with Crippen LogP contribution in [0.2, 0.25) is 0 Å². The van der Waals surface area contributed by atoms with Gasteiger partial charge in [0.05, 0.1) is 21.9 Å². The second-order valence-corrected chi connectivity index (χ2v) is 3.80. The van der Waals surface area contributed by atoms with Gasteiger partial charge >= 0.3 is 0 Å². The number of benzene rings is 1. The second kappa shape index (κ2) is 3.79. The topological polar surface area (TPSA) is 54.0 Å².